The molecule has 2 heterocycles. The Bertz CT molecular complexity index is 1790. The van der Waals surface area contributed by atoms with Gasteiger partial charge >= 0.3 is 23.9 Å². The maximum Gasteiger partial charge on any atom is 0.337 e. The first-order valence-electron chi connectivity index (χ1n) is 14.7. The highest BCUT2D eigenvalue weighted by molar-refractivity contribution is 7.90. The van der Waals surface area contributed by atoms with Crippen LogP contribution in [0.4, 0.5) is 5.69 Å². The number of benzene rings is 2. The molecule has 0 bridgehead atoms. The average molecular weight is 707 g/mol. The Labute approximate surface area is 280 Å². The number of nitrogen functional groups attached to an aromatic ring is 1. The fraction of sp³-hybridized carbons (Fsp3) is 0.419. The molecule has 4 rings (SSSR count). The molecule has 1 saturated heterocycles. The zero-order valence-electron chi connectivity index (χ0n) is 26.9. The van der Waals surface area contributed by atoms with Gasteiger partial charge in [-0.1, -0.05) is 12.1 Å². The lowest BCUT2D eigenvalue weighted by Gasteiger charge is -2.42. The van der Waals surface area contributed by atoms with Crippen LogP contribution in [0.5, 0.6) is 11.5 Å². The smallest absolute Gasteiger partial charge is 0.337 e. The van der Waals surface area contributed by atoms with Crippen molar-refractivity contribution in [3.8, 4) is 11.5 Å². The second-order valence-electron chi connectivity index (χ2n) is 11.1. The predicted molar refractivity (Wildman–Crippen MR) is 165 cm³/mol. The molecule has 2 amide bonds. The summed E-state index contributed by atoms with van der Waals surface area (Å²) in [6.07, 6.45) is -8.00. The molecule has 3 N–H and O–H groups in total. The lowest BCUT2D eigenvalue weighted by molar-refractivity contribution is -0.282. The number of rotatable bonds is 12. The monoisotopic (exact) mass is 706 g/mol. The van der Waals surface area contributed by atoms with Gasteiger partial charge in [0.05, 0.1) is 29.5 Å². The number of nitrogens with two attached hydrogens (primary N) is 1. The van der Waals surface area contributed by atoms with Gasteiger partial charge in [0, 0.05) is 32.7 Å². The summed E-state index contributed by atoms with van der Waals surface area (Å²) in [6, 6.07) is 6.88. The van der Waals surface area contributed by atoms with Crippen LogP contribution in [0.25, 0.3) is 0 Å². The van der Waals surface area contributed by atoms with Crippen molar-refractivity contribution in [1.29, 1.82) is 0 Å². The van der Waals surface area contributed by atoms with Crippen molar-refractivity contribution >= 4 is 51.2 Å². The van der Waals surface area contributed by atoms with Crippen LogP contribution in [0.2, 0.25) is 0 Å². The first kappa shape index (κ1) is 36.6. The highest BCUT2D eigenvalue weighted by Crippen LogP contribution is 2.40. The van der Waals surface area contributed by atoms with Crippen LogP contribution in [0.3, 0.4) is 0 Å². The van der Waals surface area contributed by atoms with Crippen LogP contribution in [0, 0.1) is 0 Å². The van der Waals surface area contributed by atoms with Gasteiger partial charge in [0.2, 0.25) is 12.4 Å². The number of carbonyl (C=O) groups is 6. The van der Waals surface area contributed by atoms with E-state index in [2.05, 4.69) is 0 Å². The van der Waals surface area contributed by atoms with Crippen LogP contribution >= 0.6 is 0 Å². The van der Waals surface area contributed by atoms with Crippen molar-refractivity contribution in [3.05, 3.63) is 53.1 Å². The van der Waals surface area contributed by atoms with E-state index in [9.17, 15) is 42.3 Å². The third kappa shape index (κ3) is 8.09. The lowest BCUT2D eigenvalue weighted by atomic mass is 9.97. The number of carboxylic acid groups (broad SMARTS) is 1. The van der Waals surface area contributed by atoms with Crippen molar-refractivity contribution in [1.82, 2.24) is 4.90 Å². The molecule has 2 aliphatic rings. The van der Waals surface area contributed by atoms with Gasteiger partial charge in [-0.15, -0.1) is 0 Å². The number of carboxylic acids is 1. The first-order chi connectivity index (χ1) is 22.9. The number of hydrogen-bond donors (Lipinski definition) is 2. The Morgan fingerprint density at radius 3 is 2.08 bits per heavy atom. The summed E-state index contributed by atoms with van der Waals surface area (Å²) in [6.45, 7) is 4.62. The summed E-state index contributed by atoms with van der Waals surface area (Å²) in [4.78, 5) is 76.0. The Balaban J connectivity index is 1.79. The van der Waals surface area contributed by atoms with E-state index >= 15 is 0 Å². The molecule has 2 aliphatic heterocycles. The first-order valence-corrected chi connectivity index (χ1v) is 16.8. The molecule has 0 radical (unpaired) electrons. The second-order valence-corrected chi connectivity index (χ2v) is 13.3. The van der Waals surface area contributed by atoms with E-state index in [0.29, 0.717) is 0 Å². The summed E-state index contributed by atoms with van der Waals surface area (Å²) in [5, 5.41) is 9.92. The highest BCUT2D eigenvalue weighted by atomic mass is 32.2. The van der Waals surface area contributed by atoms with Crippen molar-refractivity contribution < 1.29 is 70.7 Å². The lowest BCUT2D eigenvalue weighted by Crippen LogP contribution is -2.64. The largest absolute Gasteiger partial charge is 0.490 e. The maximum absolute atomic E-state index is 13.5. The maximum atomic E-state index is 13.5. The topological polar surface area (TPSA) is 241 Å². The zero-order chi connectivity index (χ0) is 36.4. The number of ether oxygens (including phenoxy) is 6. The van der Waals surface area contributed by atoms with Gasteiger partial charge in [0.1, 0.15) is 9.84 Å². The number of fused-ring (bicyclic) bond motifs is 1. The molecule has 0 aliphatic carbocycles. The fourth-order valence-corrected chi connectivity index (χ4v) is 6.42. The molecule has 264 valence electrons. The molecular weight excluding hydrogens is 672 g/mol. The average Bonchev–Trinajstić information content (AvgIpc) is 3.24. The molecule has 0 saturated carbocycles. The quantitative estimate of drug-likeness (QED) is 0.136. The standard InChI is InChI=1S/C31H34N2O15S/c1-6-43-22-12-17(20(13-49(5,41)42)33-28(37)18-8-7-9-19(32)23(18)29(33)38)10-11-21(22)47-31-27(46-16(4)36)25(45-15(3)35)24(44-14(2)34)26(48-31)30(39)40/h7-12,20,24-27,31H,6,13,32H2,1-5H3,(H,39,40)/t20-,24+,25+,26+,27-,31-/m1/s1. The molecule has 49 heavy (non-hydrogen) atoms. The summed E-state index contributed by atoms with van der Waals surface area (Å²) in [5.41, 5.74) is 6.08. The van der Waals surface area contributed by atoms with Gasteiger partial charge in [-0.2, -0.15) is 0 Å². The van der Waals surface area contributed by atoms with Crippen molar-refractivity contribution in [2.75, 3.05) is 24.3 Å². The minimum atomic E-state index is -3.83. The Morgan fingerprint density at radius 1 is 0.918 bits per heavy atom. The third-order valence-electron chi connectivity index (χ3n) is 7.29. The minimum absolute atomic E-state index is 0.00169. The number of amides is 2. The minimum Gasteiger partial charge on any atom is -0.490 e. The molecule has 2 aromatic rings. The number of hydrogen-bond acceptors (Lipinski definition) is 15. The Kier molecular flexibility index (Phi) is 10.8. The molecule has 0 aromatic heterocycles. The molecule has 1 fully saturated rings. The number of esters is 3. The van der Waals surface area contributed by atoms with Crippen LogP contribution in [0.15, 0.2) is 36.4 Å². The molecular formula is C31H34N2O15S. The van der Waals surface area contributed by atoms with Gasteiger partial charge < -0.3 is 39.3 Å². The van der Waals surface area contributed by atoms with E-state index < -0.39 is 88.0 Å². The molecule has 17 nitrogen and oxygen atoms in total. The fourth-order valence-electron chi connectivity index (χ4n) is 5.51. The van der Waals surface area contributed by atoms with Gasteiger partial charge in [-0.25, -0.2) is 13.2 Å². The molecule has 6 atom stereocenters. The van der Waals surface area contributed by atoms with Crippen LogP contribution < -0.4 is 15.2 Å². The number of carbonyl (C=O) groups excluding carboxylic acids is 5. The highest BCUT2D eigenvalue weighted by Gasteiger charge is 2.55. The summed E-state index contributed by atoms with van der Waals surface area (Å²) in [7, 11) is -3.83. The number of sulfone groups is 1. The van der Waals surface area contributed by atoms with E-state index in [0.717, 1.165) is 31.9 Å². The van der Waals surface area contributed by atoms with Crippen LogP contribution in [-0.4, -0.2) is 103 Å². The van der Waals surface area contributed by atoms with E-state index in [-0.39, 0.29) is 40.5 Å². The number of imide groups is 1. The summed E-state index contributed by atoms with van der Waals surface area (Å²) < 4.78 is 58.2. The van der Waals surface area contributed by atoms with Crippen LogP contribution in [-0.2, 0) is 48.0 Å². The van der Waals surface area contributed by atoms with Gasteiger partial charge in [-0.3, -0.25) is 28.9 Å². The number of aliphatic carboxylic acids is 1. The molecule has 18 heteroatoms. The van der Waals surface area contributed by atoms with Gasteiger partial charge in [0.15, 0.2) is 29.8 Å². The van der Waals surface area contributed by atoms with Gasteiger partial charge in [0.25, 0.3) is 11.8 Å². The van der Waals surface area contributed by atoms with Crippen molar-refractivity contribution in [2.24, 2.45) is 0 Å². The van der Waals surface area contributed by atoms with E-state index in [1.165, 1.54) is 36.4 Å². The van der Waals surface area contributed by atoms with Crippen molar-refractivity contribution in [3.63, 3.8) is 0 Å². The van der Waals surface area contributed by atoms with E-state index in [4.69, 9.17) is 34.2 Å². The Morgan fingerprint density at radius 2 is 1.53 bits per heavy atom. The second kappa shape index (κ2) is 14.5. The third-order valence-corrected chi connectivity index (χ3v) is 8.21. The SMILES string of the molecule is CCOc1cc([C@@H](CS(C)(=O)=O)N2C(=O)c3cccc(N)c3C2=O)ccc1O[C@@H]1O[C@H](C(=O)O)[C@@H](OC(C)=O)[C@H](OC(C)=O)[C@H]1OC(C)=O. The van der Waals surface area contributed by atoms with E-state index in [1.807, 2.05) is 0 Å². The van der Waals surface area contributed by atoms with Crippen molar-refractivity contribution in [2.45, 2.75) is 64.4 Å². The Hall–Kier alpha value is -5.23. The zero-order valence-corrected chi connectivity index (χ0v) is 27.8. The molecule has 0 unspecified atom stereocenters. The predicted octanol–water partition coefficient (Wildman–Crippen LogP) is 1.03. The molecule has 2 aromatic carbocycles. The normalized spacial score (nSPS) is 22.5. The molecule has 0 spiro atoms. The summed E-state index contributed by atoms with van der Waals surface area (Å²) >= 11 is 0. The summed E-state index contributed by atoms with van der Waals surface area (Å²) in [5.74, 6) is -6.92. The number of nitrogens with zero attached hydrogens (tertiary/aromatic N) is 1. The van der Waals surface area contributed by atoms with E-state index in [1.54, 1.807) is 6.92 Å². The van der Waals surface area contributed by atoms with Crippen LogP contribution in [0.1, 0.15) is 60.0 Å². The number of anilines is 1. The van der Waals surface area contributed by atoms with Gasteiger partial charge in [-0.05, 0) is 36.8 Å².